The Bertz CT molecular complexity index is 1330. The molecule has 3 unspecified atom stereocenters. The van der Waals surface area contributed by atoms with E-state index in [2.05, 4.69) is 0 Å². The molecule has 1 saturated carbocycles. The van der Waals surface area contributed by atoms with E-state index < -0.39 is 89.9 Å². The van der Waals surface area contributed by atoms with Crippen LogP contribution < -0.4 is 14.5 Å². The zero-order chi connectivity index (χ0) is 29.7. The predicted molar refractivity (Wildman–Crippen MR) is 122 cm³/mol. The first kappa shape index (κ1) is 29.1. The summed E-state index contributed by atoms with van der Waals surface area (Å²) in [6, 6.07) is 1.42. The van der Waals surface area contributed by atoms with Gasteiger partial charge in [-0.15, -0.1) is 0 Å². The Balaban J connectivity index is 1.79. The third kappa shape index (κ3) is 5.40. The van der Waals surface area contributed by atoms with Crippen molar-refractivity contribution in [2.24, 2.45) is 0 Å². The summed E-state index contributed by atoms with van der Waals surface area (Å²) in [5.74, 6) is -3.05. The van der Waals surface area contributed by atoms with E-state index in [-0.39, 0.29) is 24.4 Å². The first-order valence-corrected chi connectivity index (χ1v) is 11.5. The lowest BCUT2D eigenvalue weighted by molar-refractivity contribution is -0.143. The van der Waals surface area contributed by atoms with Crippen LogP contribution in [0.5, 0.6) is 5.75 Å². The molecule has 1 heterocycles. The Labute approximate surface area is 220 Å². The molecule has 216 valence electrons. The van der Waals surface area contributed by atoms with Crippen LogP contribution >= 0.6 is 0 Å². The third-order valence-electron chi connectivity index (χ3n) is 6.54. The molecule has 3 atom stereocenters. The van der Waals surface area contributed by atoms with E-state index in [1.165, 1.54) is 0 Å². The summed E-state index contributed by atoms with van der Waals surface area (Å²) in [5.41, 5.74) is -4.89. The summed E-state index contributed by atoms with van der Waals surface area (Å²) in [7, 11) is 1.05. The lowest BCUT2D eigenvalue weighted by Gasteiger charge is -2.27. The molecule has 2 aromatic rings. The summed E-state index contributed by atoms with van der Waals surface area (Å²) in [6.45, 7) is -0.888. The maximum absolute atomic E-state index is 14.0. The van der Waals surface area contributed by atoms with E-state index in [9.17, 15) is 55.3 Å². The van der Waals surface area contributed by atoms with Crippen LogP contribution in [0, 0.1) is 5.82 Å². The summed E-state index contributed by atoms with van der Waals surface area (Å²) in [6.07, 6.45) is -16.0. The lowest BCUT2D eigenvalue weighted by atomic mass is 10.1. The van der Waals surface area contributed by atoms with Crippen LogP contribution in [0.3, 0.4) is 0 Å². The van der Waals surface area contributed by atoms with Gasteiger partial charge in [0.05, 0.1) is 23.4 Å². The Morgan fingerprint density at radius 3 is 2.15 bits per heavy atom. The van der Waals surface area contributed by atoms with Crippen molar-refractivity contribution in [2.45, 2.75) is 37.0 Å². The number of carbonyl (C=O) groups is 3. The number of anilines is 2. The third-order valence-corrected chi connectivity index (χ3v) is 6.54. The van der Waals surface area contributed by atoms with Crippen LogP contribution in [-0.2, 0) is 17.1 Å². The molecule has 1 aliphatic carbocycles. The van der Waals surface area contributed by atoms with Crippen molar-refractivity contribution in [2.75, 3.05) is 29.9 Å². The Kier molecular flexibility index (Phi) is 7.44. The zero-order valence-electron chi connectivity index (χ0n) is 20.3. The maximum atomic E-state index is 14.0. The number of Topliss-reactive ketones (excluding diaryl/α,β-unsaturated/α-hetero) is 1. The highest BCUT2D eigenvalue weighted by Gasteiger charge is 2.49. The molecule has 0 bridgehead atoms. The van der Waals surface area contributed by atoms with Crippen LogP contribution in [0.4, 0.5) is 51.7 Å². The first-order chi connectivity index (χ1) is 18.5. The number of rotatable bonds is 4. The summed E-state index contributed by atoms with van der Waals surface area (Å²) < 4.78 is 101. The number of alkyl halides is 6. The molecular weight excluding hydrogens is 559 g/mol. The zero-order valence-corrected chi connectivity index (χ0v) is 20.3. The van der Waals surface area contributed by atoms with Gasteiger partial charge >= 0.3 is 24.5 Å². The molecule has 40 heavy (non-hydrogen) atoms. The first-order valence-electron chi connectivity index (χ1n) is 11.5. The van der Waals surface area contributed by atoms with Gasteiger partial charge in [0.15, 0.2) is 11.5 Å². The highest BCUT2D eigenvalue weighted by atomic mass is 19.4. The number of amides is 3. The van der Waals surface area contributed by atoms with Crippen molar-refractivity contribution < 1.29 is 60.1 Å². The van der Waals surface area contributed by atoms with Crippen LogP contribution in [0.25, 0.3) is 0 Å². The van der Waals surface area contributed by atoms with Gasteiger partial charge in [0.1, 0.15) is 17.5 Å². The number of benzene rings is 2. The van der Waals surface area contributed by atoms with Gasteiger partial charge in [0.25, 0.3) is 0 Å². The second-order valence-electron chi connectivity index (χ2n) is 9.06. The van der Waals surface area contributed by atoms with Gasteiger partial charge in [0.2, 0.25) is 0 Å². The minimum atomic E-state index is -5.49. The Morgan fingerprint density at radius 2 is 1.62 bits per heavy atom. The number of aliphatic hydroxyl groups excluding tert-OH is 2. The topological polar surface area (TPSA) is 111 Å². The number of aliphatic hydroxyl groups is 2. The molecule has 2 aliphatic rings. The second kappa shape index (κ2) is 10.2. The minimum Gasteiger partial charge on any atom is -0.407 e. The molecule has 3 amide bonds. The Hall–Kier alpha value is -3.92. The molecule has 1 saturated heterocycles. The molecule has 2 N–H and O–H groups in total. The van der Waals surface area contributed by atoms with Gasteiger partial charge in [-0.3, -0.25) is 14.6 Å². The van der Waals surface area contributed by atoms with Gasteiger partial charge in [0, 0.05) is 32.2 Å². The van der Waals surface area contributed by atoms with Gasteiger partial charge in [-0.1, -0.05) is 0 Å². The number of urea groups is 1. The molecule has 0 spiro atoms. The quantitative estimate of drug-likeness (QED) is 0.534. The van der Waals surface area contributed by atoms with Crippen LogP contribution in [0.1, 0.15) is 17.5 Å². The average molecular weight is 579 g/mol. The molecule has 16 heteroatoms. The van der Waals surface area contributed by atoms with E-state index in [1.807, 2.05) is 0 Å². The van der Waals surface area contributed by atoms with E-state index >= 15 is 0 Å². The number of hydrogen-bond acceptors (Lipinski definition) is 6. The molecule has 1 aliphatic heterocycles. The fraction of sp³-hybridized carbons (Fsp3) is 0.375. The minimum absolute atomic E-state index is 0.0336. The smallest absolute Gasteiger partial charge is 0.407 e. The van der Waals surface area contributed by atoms with E-state index in [1.54, 1.807) is 0 Å². The molecule has 2 fully saturated rings. The number of nitrogens with zero attached hydrogens (tertiary/aromatic N) is 3. The van der Waals surface area contributed by atoms with Gasteiger partial charge in [-0.05, 0) is 36.4 Å². The van der Waals surface area contributed by atoms with E-state index in [4.69, 9.17) is 4.74 Å². The SMILES string of the molecule is CN(C(=O)Oc1c(N2CCN(C3CC(O)C(O)C3=O)C2=O)cc(C(F)(F)F)cc1C(F)(F)F)c1ccc(F)cc1. The Morgan fingerprint density at radius 1 is 1.00 bits per heavy atom. The normalized spacial score (nSPS) is 21.8. The molecular formula is C24H20F7N3O6. The fourth-order valence-corrected chi connectivity index (χ4v) is 4.43. The lowest BCUT2D eigenvalue weighted by Crippen LogP contribution is -2.43. The highest BCUT2D eigenvalue weighted by molar-refractivity contribution is 6.01. The molecule has 0 radical (unpaired) electrons. The summed E-state index contributed by atoms with van der Waals surface area (Å²) in [5, 5.41) is 19.5. The van der Waals surface area contributed by atoms with E-state index in [0.717, 1.165) is 36.2 Å². The molecule has 4 rings (SSSR count). The summed E-state index contributed by atoms with van der Waals surface area (Å²) >= 11 is 0. The van der Waals surface area contributed by atoms with Gasteiger partial charge in [-0.2, -0.15) is 26.3 Å². The largest absolute Gasteiger partial charge is 0.420 e. The monoisotopic (exact) mass is 579 g/mol. The van der Waals surface area contributed by atoms with Crippen molar-refractivity contribution in [3.05, 3.63) is 53.3 Å². The average Bonchev–Trinajstić information content (AvgIpc) is 3.36. The van der Waals surface area contributed by atoms with Crippen LogP contribution in [0.15, 0.2) is 36.4 Å². The number of hydrogen-bond donors (Lipinski definition) is 2. The number of halogens is 7. The predicted octanol–water partition coefficient (Wildman–Crippen LogP) is 3.80. The molecule has 9 nitrogen and oxygen atoms in total. The van der Waals surface area contributed by atoms with Crippen molar-refractivity contribution in [3.8, 4) is 5.75 Å². The van der Waals surface area contributed by atoms with Crippen molar-refractivity contribution in [1.82, 2.24) is 4.90 Å². The van der Waals surface area contributed by atoms with Gasteiger partial charge < -0.3 is 19.8 Å². The van der Waals surface area contributed by atoms with Gasteiger partial charge in [-0.25, -0.2) is 14.0 Å². The molecule has 2 aromatic carbocycles. The van der Waals surface area contributed by atoms with E-state index in [0.29, 0.717) is 9.80 Å². The fourth-order valence-electron chi connectivity index (χ4n) is 4.43. The standard InChI is InChI=1S/C24H20F7N3O6/c1-32(13-4-2-12(25)3-5-13)22(39)40-20-14(24(29,30)31)8-11(23(26,27)28)9-16(20)34-7-6-33(21(34)38)15-10-17(35)19(37)18(15)36/h2-5,8-9,15,17,19,35,37H,6-7,10H2,1H3. The number of ketones is 1. The van der Waals surface area contributed by atoms with Crippen molar-refractivity contribution >= 4 is 29.3 Å². The highest BCUT2D eigenvalue weighted by Crippen LogP contribution is 2.47. The van der Waals surface area contributed by atoms with Crippen LogP contribution in [0.2, 0.25) is 0 Å². The second-order valence-corrected chi connectivity index (χ2v) is 9.06. The maximum Gasteiger partial charge on any atom is 0.420 e. The summed E-state index contributed by atoms with van der Waals surface area (Å²) in [4.78, 5) is 40.2. The number of ether oxygens (including phenoxy) is 1. The van der Waals surface area contributed by atoms with Crippen molar-refractivity contribution in [3.63, 3.8) is 0 Å². The molecule has 0 aromatic heterocycles. The van der Waals surface area contributed by atoms with Crippen molar-refractivity contribution in [1.29, 1.82) is 0 Å². The van der Waals surface area contributed by atoms with Crippen LogP contribution in [-0.4, -0.2) is 71.4 Å². The number of carbonyl (C=O) groups excluding carboxylic acids is 3.